The summed E-state index contributed by atoms with van der Waals surface area (Å²) in [6.07, 6.45) is 10.7. The van der Waals surface area contributed by atoms with Gasteiger partial charge in [-0.1, -0.05) is 24.0 Å². The van der Waals surface area contributed by atoms with Gasteiger partial charge in [-0.05, 0) is 48.5 Å². The minimum absolute atomic E-state index is 0.299. The van der Waals surface area contributed by atoms with Crippen molar-refractivity contribution in [3.8, 4) is 24.7 Å². The normalized spacial score (nSPS) is 9.82. The number of amides is 2. The van der Waals surface area contributed by atoms with Crippen molar-refractivity contribution in [2.45, 2.75) is 0 Å². The molecule has 8 heteroatoms. The molecule has 2 amide bonds. The molecule has 0 aliphatic heterocycles. The first-order valence-corrected chi connectivity index (χ1v) is 9.64. The zero-order valence-corrected chi connectivity index (χ0v) is 17.5. The zero-order valence-electron chi connectivity index (χ0n) is 17.5. The molecule has 3 aromatic rings. The van der Waals surface area contributed by atoms with Gasteiger partial charge in [-0.25, -0.2) is 9.59 Å². The second-order valence-corrected chi connectivity index (χ2v) is 6.91. The van der Waals surface area contributed by atoms with Crippen LogP contribution in [0.2, 0.25) is 0 Å². The molecule has 0 heterocycles. The number of terminal acetylenes is 2. The Hall–Kier alpha value is -5.34. The van der Waals surface area contributed by atoms with Gasteiger partial charge >= 0.3 is 11.9 Å². The lowest BCUT2D eigenvalue weighted by Crippen LogP contribution is -2.23. The largest absolute Gasteiger partial charge is 0.478 e. The Morgan fingerprint density at radius 1 is 0.618 bits per heavy atom. The monoisotopic (exact) mass is 452 g/mol. The summed E-state index contributed by atoms with van der Waals surface area (Å²) in [5, 5.41) is 24.0. The lowest BCUT2D eigenvalue weighted by molar-refractivity contribution is 0.0651. The Morgan fingerprint density at radius 2 is 1.00 bits per heavy atom. The Labute approximate surface area is 194 Å². The molecule has 0 fully saturated rings. The second kappa shape index (κ2) is 9.86. The van der Waals surface area contributed by atoms with Crippen molar-refractivity contribution in [1.82, 2.24) is 0 Å². The van der Waals surface area contributed by atoms with Gasteiger partial charge in [0.1, 0.15) is 0 Å². The van der Waals surface area contributed by atoms with Crippen LogP contribution in [0.3, 0.4) is 0 Å². The number of carbonyl (C=O) groups is 4. The van der Waals surface area contributed by atoms with Crippen LogP contribution in [0.1, 0.15) is 52.6 Å². The Kier molecular flexibility index (Phi) is 6.76. The maximum atomic E-state index is 13.0. The highest BCUT2D eigenvalue weighted by Crippen LogP contribution is 2.22. The molecule has 0 atom stereocenters. The van der Waals surface area contributed by atoms with E-state index in [-0.39, 0.29) is 11.1 Å². The van der Waals surface area contributed by atoms with Gasteiger partial charge in [-0.15, -0.1) is 12.8 Å². The predicted octanol–water partition coefficient (Wildman–Crippen LogP) is 3.55. The third-order valence-corrected chi connectivity index (χ3v) is 4.68. The van der Waals surface area contributed by atoms with Crippen molar-refractivity contribution in [1.29, 1.82) is 0 Å². The number of benzene rings is 3. The first-order valence-electron chi connectivity index (χ1n) is 9.64. The van der Waals surface area contributed by atoms with E-state index >= 15 is 0 Å². The molecule has 0 spiro atoms. The van der Waals surface area contributed by atoms with E-state index in [0.29, 0.717) is 22.5 Å². The van der Waals surface area contributed by atoms with Crippen LogP contribution in [0.5, 0.6) is 0 Å². The van der Waals surface area contributed by atoms with Gasteiger partial charge in [-0.3, -0.25) is 9.59 Å². The van der Waals surface area contributed by atoms with E-state index in [1.165, 1.54) is 12.1 Å². The maximum absolute atomic E-state index is 13.0. The van der Waals surface area contributed by atoms with E-state index in [2.05, 4.69) is 22.5 Å². The molecule has 166 valence electrons. The molecule has 0 saturated carbocycles. The third kappa shape index (κ3) is 5.10. The molecule has 4 N–H and O–H groups in total. The van der Waals surface area contributed by atoms with Gasteiger partial charge in [0.25, 0.3) is 11.8 Å². The Bertz CT molecular complexity index is 1320. The highest BCUT2D eigenvalue weighted by Gasteiger charge is 2.26. The SMILES string of the molecule is C#Cc1cccc(NC(=O)c2cc(C(=O)O)c(C(=O)O)cc2C(=O)Nc2cccc(C#C)c2)c1. The highest BCUT2D eigenvalue weighted by atomic mass is 16.4. The molecule has 8 nitrogen and oxygen atoms in total. The summed E-state index contributed by atoms with van der Waals surface area (Å²) < 4.78 is 0. The zero-order chi connectivity index (χ0) is 24.8. The van der Waals surface area contributed by atoms with Gasteiger partial charge in [0, 0.05) is 22.5 Å². The molecule has 0 saturated heterocycles. The fourth-order valence-electron chi connectivity index (χ4n) is 3.10. The molecule has 0 unspecified atom stereocenters. The van der Waals surface area contributed by atoms with Crippen LogP contribution in [0.15, 0.2) is 60.7 Å². The van der Waals surface area contributed by atoms with Crippen LogP contribution >= 0.6 is 0 Å². The summed E-state index contributed by atoms with van der Waals surface area (Å²) >= 11 is 0. The van der Waals surface area contributed by atoms with E-state index < -0.39 is 34.9 Å². The van der Waals surface area contributed by atoms with E-state index in [9.17, 15) is 29.4 Å². The van der Waals surface area contributed by atoms with Gasteiger partial charge in [0.2, 0.25) is 0 Å². The quantitative estimate of drug-likeness (QED) is 0.423. The first kappa shape index (κ1) is 23.3. The lowest BCUT2D eigenvalue weighted by Gasteiger charge is -2.14. The topological polar surface area (TPSA) is 133 Å². The predicted molar refractivity (Wildman–Crippen MR) is 125 cm³/mol. The number of nitrogens with one attached hydrogen (secondary N) is 2. The van der Waals surface area contributed by atoms with E-state index in [1.807, 2.05) is 0 Å². The molecule has 34 heavy (non-hydrogen) atoms. The number of hydrogen-bond donors (Lipinski definition) is 4. The van der Waals surface area contributed by atoms with Gasteiger partial charge in [0.15, 0.2) is 0 Å². The summed E-state index contributed by atoms with van der Waals surface area (Å²) in [6.45, 7) is 0. The smallest absolute Gasteiger partial charge is 0.336 e. The maximum Gasteiger partial charge on any atom is 0.336 e. The third-order valence-electron chi connectivity index (χ3n) is 4.68. The fourth-order valence-corrected chi connectivity index (χ4v) is 3.10. The molecular weight excluding hydrogens is 436 g/mol. The summed E-state index contributed by atoms with van der Waals surface area (Å²) in [7, 11) is 0. The van der Waals surface area contributed by atoms with Crippen molar-refractivity contribution in [3.05, 3.63) is 94.0 Å². The van der Waals surface area contributed by atoms with Gasteiger partial charge < -0.3 is 20.8 Å². The number of carboxylic acid groups (broad SMARTS) is 2. The molecule has 3 rings (SSSR count). The Balaban J connectivity index is 2.09. The number of rotatable bonds is 6. The van der Waals surface area contributed by atoms with E-state index in [4.69, 9.17) is 12.8 Å². The van der Waals surface area contributed by atoms with Crippen LogP contribution in [0.25, 0.3) is 0 Å². The lowest BCUT2D eigenvalue weighted by atomic mass is 9.96. The Morgan fingerprint density at radius 3 is 1.32 bits per heavy atom. The van der Waals surface area contributed by atoms with Crippen molar-refractivity contribution in [3.63, 3.8) is 0 Å². The summed E-state index contributed by atoms with van der Waals surface area (Å²) in [6, 6.07) is 14.3. The molecule has 0 aliphatic rings. The average Bonchev–Trinajstić information content (AvgIpc) is 2.83. The van der Waals surface area contributed by atoms with Crippen LogP contribution < -0.4 is 10.6 Å². The second-order valence-electron chi connectivity index (χ2n) is 6.91. The minimum Gasteiger partial charge on any atom is -0.478 e. The van der Waals surface area contributed by atoms with Crippen molar-refractivity contribution in [2.75, 3.05) is 10.6 Å². The number of hydrogen-bond acceptors (Lipinski definition) is 4. The first-order chi connectivity index (χ1) is 16.2. The van der Waals surface area contributed by atoms with Crippen LogP contribution in [-0.4, -0.2) is 34.0 Å². The summed E-state index contributed by atoms with van der Waals surface area (Å²) in [5.74, 6) is 0.0134. The highest BCUT2D eigenvalue weighted by molar-refractivity contribution is 6.17. The molecular formula is C26H16N2O6. The molecule has 0 radical (unpaired) electrons. The van der Waals surface area contributed by atoms with Crippen molar-refractivity contribution >= 4 is 35.1 Å². The fraction of sp³-hybridized carbons (Fsp3) is 0. The van der Waals surface area contributed by atoms with Crippen LogP contribution in [0.4, 0.5) is 11.4 Å². The minimum atomic E-state index is -1.57. The molecule has 0 aliphatic carbocycles. The van der Waals surface area contributed by atoms with E-state index in [1.54, 1.807) is 36.4 Å². The molecule has 3 aromatic carbocycles. The van der Waals surface area contributed by atoms with Crippen LogP contribution in [-0.2, 0) is 0 Å². The molecule has 0 bridgehead atoms. The van der Waals surface area contributed by atoms with Crippen LogP contribution in [0, 0.1) is 24.7 Å². The number of carbonyl (C=O) groups excluding carboxylic acids is 2. The summed E-state index contributed by atoms with van der Waals surface area (Å²) in [4.78, 5) is 49.4. The number of aromatic carboxylic acids is 2. The van der Waals surface area contributed by atoms with Crippen molar-refractivity contribution < 1.29 is 29.4 Å². The van der Waals surface area contributed by atoms with Gasteiger partial charge in [0.05, 0.1) is 22.3 Å². The standard InChI is InChI=1S/C26H16N2O6/c1-3-15-7-5-9-17(11-15)27-23(29)19-13-21(25(31)32)22(26(33)34)14-20(19)24(30)28-18-10-6-8-16(4-2)12-18/h1-2,5-14H,(H,27,29)(H,28,30)(H,31,32)(H,33,34). The number of anilines is 2. The van der Waals surface area contributed by atoms with E-state index in [0.717, 1.165) is 12.1 Å². The average molecular weight is 452 g/mol. The van der Waals surface area contributed by atoms with Crippen molar-refractivity contribution in [2.24, 2.45) is 0 Å². The van der Waals surface area contributed by atoms with Gasteiger partial charge in [-0.2, -0.15) is 0 Å². The summed E-state index contributed by atoms with van der Waals surface area (Å²) in [5.41, 5.74) is -0.436. The number of carboxylic acids is 2. The molecule has 0 aromatic heterocycles.